The van der Waals surface area contributed by atoms with Crippen LogP contribution in [0.4, 0.5) is 0 Å². The number of aryl methyl sites for hydroxylation is 2. The molecule has 0 unspecified atom stereocenters. The molecule has 1 N–H and O–H groups in total. The Morgan fingerprint density at radius 1 is 1.33 bits per heavy atom. The quantitative estimate of drug-likeness (QED) is 0.902. The second-order valence-electron chi connectivity index (χ2n) is 5.90. The van der Waals surface area contributed by atoms with Gasteiger partial charge in [0, 0.05) is 32.8 Å². The van der Waals surface area contributed by atoms with Crippen molar-refractivity contribution in [1.82, 2.24) is 10.2 Å². The molecule has 4 nitrogen and oxygen atoms in total. The van der Waals surface area contributed by atoms with Crippen LogP contribution in [0.2, 0.25) is 0 Å². The number of likely N-dealkylation sites (tertiary alicyclic amines) is 1. The number of methoxy groups -OCH3 is 1. The number of carbonyl (C=O) groups excluding carboxylic acids is 1. The van der Waals surface area contributed by atoms with Crippen molar-refractivity contribution in [3.63, 3.8) is 0 Å². The summed E-state index contributed by atoms with van der Waals surface area (Å²) in [6, 6.07) is 7.08. The summed E-state index contributed by atoms with van der Waals surface area (Å²) in [5.74, 6) is 0.102. The molecule has 0 bridgehead atoms. The minimum Gasteiger partial charge on any atom is -0.375 e. The molecule has 0 aromatic heterocycles. The molecule has 0 aliphatic carbocycles. The zero-order chi connectivity index (χ0) is 15.2. The minimum atomic E-state index is 0.102. The predicted octanol–water partition coefficient (Wildman–Crippen LogP) is 2.03. The first-order chi connectivity index (χ1) is 10.1. The molecular formula is C17H26N2O2. The molecule has 0 spiro atoms. The lowest BCUT2D eigenvalue weighted by Gasteiger charge is -2.32. The van der Waals surface area contributed by atoms with Crippen molar-refractivity contribution >= 4 is 5.91 Å². The van der Waals surface area contributed by atoms with E-state index < -0.39 is 0 Å². The Hall–Kier alpha value is -1.39. The number of amides is 1. The normalized spacial score (nSPS) is 16.2. The average Bonchev–Trinajstić information content (AvgIpc) is 2.49. The lowest BCUT2D eigenvalue weighted by molar-refractivity contribution is -0.136. The van der Waals surface area contributed by atoms with Gasteiger partial charge in [-0.3, -0.25) is 4.79 Å². The van der Waals surface area contributed by atoms with Gasteiger partial charge in [-0.05, 0) is 37.8 Å². The van der Waals surface area contributed by atoms with Crippen LogP contribution in [0, 0.1) is 13.8 Å². The molecule has 1 aliphatic rings. The largest absolute Gasteiger partial charge is 0.375 e. The van der Waals surface area contributed by atoms with Gasteiger partial charge in [0.05, 0.1) is 0 Å². The summed E-state index contributed by atoms with van der Waals surface area (Å²) in [7, 11) is 1.57. The predicted molar refractivity (Wildman–Crippen MR) is 84.2 cm³/mol. The minimum absolute atomic E-state index is 0.102. The van der Waals surface area contributed by atoms with Crippen molar-refractivity contribution in [1.29, 1.82) is 0 Å². The van der Waals surface area contributed by atoms with Gasteiger partial charge >= 0.3 is 0 Å². The van der Waals surface area contributed by atoms with Crippen molar-refractivity contribution in [2.45, 2.75) is 39.3 Å². The van der Waals surface area contributed by atoms with Crippen LogP contribution in [0.25, 0.3) is 0 Å². The van der Waals surface area contributed by atoms with E-state index in [2.05, 4.69) is 37.4 Å². The Labute approximate surface area is 127 Å². The number of rotatable bonds is 5. The van der Waals surface area contributed by atoms with Gasteiger partial charge in [0.1, 0.15) is 6.61 Å². The maximum atomic E-state index is 11.7. The first-order valence-corrected chi connectivity index (χ1v) is 7.66. The van der Waals surface area contributed by atoms with Gasteiger partial charge in [-0.15, -0.1) is 0 Å². The number of nitrogens with zero attached hydrogens (tertiary/aromatic N) is 1. The maximum absolute atomic E-state index is 11.7. The molecule has 1 aromatic carbocycles. The fraction of sp³-hybridized carbons (Fsp3) is 0.588. The number of nitrogens with one attached hydrogen (secondary N) is 1. The summed E-state index contributed by atoms with van der Waals surface area (Å²) < 4.78 is 4.91. The van der Waals surface area contributed by atoms with Gasteiger partial charge in [-0.2, -0.15) is 0 Å². The van der Waals surface area contributed by atoms with Crippen LogP contribution >= 0.6 is 0 Å². The highest BCUT2D eigenvalue weighted by molar-refractivity contribution is 5.77. The highest BCUT2D eigenvalue weighted by Crippen LogP contribution is 2.14. The van der Waals surface area contributed by atoms with E-state index in [0.29, 0.717) is 6.04 Å². The van der Waals surface area contributed by atoms with Crippen LogP contribution in [0.15, 0.2) is 18.2 Å². The standard InChI is InChI=1S/C17H26N2O2/c1-13-4-5-14(2)15(10-13)11-18-16-6-8-19(9-7-16)17(20)12-21-3/h4-5,10,16,18H,6-9,11-12H2,1-3H3. The zero-order valence-electron chi connectivity index (χ0n) is 13.3. The maximum Gasteiger partial charge on any atom is 0.248 e. The van der Waals surface area contributed by atoms with E-state index in [-0.39, 0.29) is 12.5 Å². The molecule has 116 valence electrons. The third-order valence-corrected chi connectivity index (χ3v) is 4.20. The molecule has 0 saturated carbocycles. The highest BCUT2D eigenvalue weighted by Gasteiger charge is 2.22. The molecule has 0 atom stereocenters. The molecule has 2 rings (SSSR count). The Kier molecular flexibility index (Phi) is 5.76. The van der Waals surface area contributed by atoms with Crippen molar-refractivity contribution in [3.8, 4) is 0 Å². The molecule has 1 heterocycles. The van der Waals surface area contributed by atoms with E-state index in [1.165, 1.54) is 16.7 Å². The molecule has 0 radical (unpaired) electrons. The molecule has 1 aromatic rings. The van der Waals surface area contributed by atoms with Gasteiger partial charge < -0.3 is 15.0 Å². The first kappa shape index (κ1) is 16.0. The van der Waals surface area contributed by atoms with Crippen LogP contribution in [-0.2, 0) is 16.1 Å². The topological polar surface area (TPSA) is 41.6 Å². The first-order valence-electron chi connectivity index (χ1n) is 7.66. The van der Waals surface area contributed by atoms with Gasteiger partial charge in [-0.1, -0.05) is 23.8 Å². The number of piperidine rings is 1. The molecular weight excluding hydrogens is 264 g/mol. The van der Waals surface area contributed by atoms with Crippen LogP contribution in [0.1, 0.15) is 29.5 Å². The summed E-state index contributed by atoms with van der Waals surface area (Å²) in [6.45, 7) is 7.04. The summed E-state index contributed by atoms with van der Waals surface area (Å²) in [5, 5.41) is 3.63. The lowest BCUT2D eigenvalue weighted by Crippen LogP contribution is -2.45. The number of ether oxygens (including phenoxy) is 1. The highest BCUT2D eigenvalue weighted by atomic mass is 16.5. The Balaban J connectivity index is 1.79. The second kappa shape index (κ2) is 7.57. The van der Waals surface area contributed by atoms with Gasteiger partial charge in [0.25, 0.3) is 0 Å². The van der Waals surface area contributed by atoms with E-state index in [1.807, 2.05) is 4.90 Å². The number of benzene rings is 1. The molecule has 21 heavy (non-hydrogen) atoms. The van der Waals surface area contributed by atoms with Crippen molar-refractivity contribution in [2.24, 2.45) is 0 Å². The Morgan fingerprint density at radius 2 is 2.05 bits per heavy atom. The van der Waals surface area contributed by atoms with Gasteiger partial charge in [0.2, 0.25) is 5.91 Å². The molecule has 1 saturated heterocycles. The third kappa shape index (κ3) is 4.55. The number of hydrogen-bond acceptors (Lipinski definition) is 3. The van der Waals surface area contributed by atoms with Crippen LogP contribution in [-0.4, -0.2) is 43.7 Å². The summed E-state index contributed by atoms with van der Waals surface area (Å²) in [5.41, 5.74) is 4.01. The Bertz CT molecular complexity index is 480. The van der Waals surface area contributed by atoms with Crippen molar-refractivity contribution in [3.05, 3.63) is 34.9 Å². The summed E-state index contributed by atoms with van der Waals surface area (Å²) in [4.78, 5) is 13.6. The third-order valence-electron chi connectivity index (χ3n) is 4.20. The van der Waals surface area contributed by atoms with Gasteiger partial charge in [-0.25, -0.2) is 0 Å². The molecule has 4 heteroatoms. The molecule has 1 amide bonds. The van der Waals surface area contributed by atoms with E-state index in [1.54, 1.807) is 7.11 Å². The average molecular weight is 290 g/mol. The van der Waals surface area contributed by atoms with Crippen molar-refractivity contribution in [2.75, 3.05) is 26.8 Å². The molecule has 1 fully saturated rings. The van der Waals surface area contributed by atoms with E-state index in [0.717, 1.165) is 32.5 Å². The van der Waals surface area contributed by atoms with E-state index in [4.69, 9.17) is 4.74 Å². The SMILES string of the molecule is COCC(=O)N1CCC(NCc2cc(C)ccc2C)CC1. The number of hydrogen-bond donors (Lipinski definition) is 1. The second-order valence-corrected chi connectivity index (χ2v) is 5.90. The Morgan fingerprint density at radius 3 is 2.71 bits per heavy atom. The fourth-order valence-corrected chi connectivity index (χ4v) is 2.79. The van der Waals surface area contributed by atoms with Crippen molar-refractivity contribution < 1.29 is 9.53 Å². The van der Waals surface area contributed by atoms with Crippen LogP contribution < -0.4 is 5.32 Å². The fourth-order valence-electron chi connectivity index (χ4n) is 2.79. The lowest BCUT2D eigenvalue weighted by atomic mass is 10.0. The molecule has 1 aliphatic heterocycles. The van der Waals surface area contributed by atoms with E-state index in [9.17, 15) is 4.79 Å². The number of carbonyl (C=O) groups is 1. The van der Waals surface area contributed by atoms with E-state index >= 15 is 0 Å². The zero-order valence-corrected chi connectivity index (χ0v) is 13.3. The van der Waals surface area contributed by atoms with Crippen LogP contribution in [0.3, 0.4) is 0 Å². The summed E-state index contributed by atoms with van der Waals surface area (Å²) >= 11 is 0. The van der Waals surface area contributed by atoms with Crippen LogP contribution in [0.5, 0.6) is 0 Å². The smallest absolute Gasteiger partial charge is 0.248 e. The summed E-state index contributed by atoms with van der Waals surface area (Å²) in [6.07, 6.45) is 2.03. The van der Waals surface area contributed by atoms with Gasteiger partial charge in [0.15, 0.2) is 0 Å². The monoisotopic (exact) mass is 290 g/mol.